The van der Waals surface area contributed by atoms with Crippen LogP contribution in [0.25, 0.3) is 10.6 Å². The van der Waals surface area contributed by atoms with Gasteiger partial charge in [-0.05, 0) is 44.5 Å². The van der Waals surface area contributed by atoms with Crippen molar-refractivity contribution in [1.82, 2.24) is 15.6 Å². The first-order valence-electron chi connectivity index (χ1n) is 9.12. The number of sulfone groups is 1. The molecule has 1 heterocycles. The Hall–Kier alpha value is -2.13. The lowest BCUT2D eigenvalue weighted by atomic mass is 10.2. The molecule has 0 aliphatic rings. The van der Waals surface area contributed by atoms with E-state index in [2.05, 4.69) is 20.6 Å². The predicted molar refractivity (Wildman–Crippen MR) is 116 cm³/mol. The van der Waals surface area contributed by atoms with Gasteiger partial charge < -0.3 is 15.4 Å². The van der Waals surface area contributed by atoms with Crippen molar-refractivity contribution < 1.29 is 13.2 Å². The number of aromatic nitrogens is 1. The minimum atomic E-state index is -2.97. The molecule has 2 N–H and O–H groups in total. The van der Waals surface area contributed by atoms with Gasteiger partial charge in [0.2, 0.25) is 0 Å². The average Bonchev–Trinajstić information content (AvgIpc) is 3.13. The van der Waals surface area contributed by atoms with Gasteiger partial charge in [-0.3, -0.25) is 0 Å². The van der Waals surface area contributed by atoms with Gasteiger partial charge in [0.15, 0.2) is 5.96 Å². The third kappa shape index (κ3) is 7.47. The Morgan fingerprint density at radius 1 is 1.32 bits per heavy atom. The Labute approximate surface area is 171 Å². The van der Waals surface area contributed by atoms with E-state index < -0.39 is 9.84 Å². The minimum absolute atomic E-state index is 0.00202. The van der Waals surface area contributed by atoms with Crippen LogP contribution in [0.2, 0.25) is 0 Å². The molecule has 0 aliphatic heterocycles. The average molecular weight is 425 g/mol. The maximum Gasteiger partial charge on any atom is 0.191 e. The number of rotatable bonds is 9. The quantitative estimate of drug-likeness (QED) is 0.475. The molecule has 2 rings (SSSR count). The molecule has 1 unspecified atom stereocenters. The van der Waals surface area contributed by atoms with E-state index in [1.165, 1.54) is 6.26 Å². The van der Waals surface area contributed by atoms with E-state index >= 15 is 0 Å². The Bertz CT molecular complexity index is 877. The third-order valence-corrected chi connectivity index (χ3v) is 5.85. The monoisotopic (exact) mass is 424 g/mol. The highest BCUT2D eigenvalue weighted by Crippen LogP contribution is 2.25. The van der Waals surface area contributed by atoms with Crippen molar-refractivity contribution in [3.8, 4) is 16.3 Å². The van der Waals surface area contributed by atoms with Gasteiger partial charge in [-0.1, -0.05) is 0 Å². The predicted octanol–water partition coefficient (Wildman–Crippen LogP) is 2.70. The second-order valence-electron chi connectivity index (χ2n) is 6.53. The van der Waals surface area contributed by atoms with E-state index in [0.29, 0.717) is 18.9 Å². The lowest BCUT2D eigenvalue weighted by Crippen LogP contribution is -2.42. The summed E-state index contributed by atoms with van der Waals surface area (Å²) in [6, 6.07) is 7.80. The number of methoxy groups -OCH3 is 1. The summed E-state index contributed by atoms with van der Waals surface area (Å²) in [4.78, 5) is 9.22. The summed E-state index contributed by atoms with van der Waals surface area (Å²) >= 11 is 1.58. The smallest absolute Gasteiger partial charge is 0.191 e. The molecule has 154 valence electrons. The molecule has 0 saturated heterocycles. The number of hydrogen-bond donors (Lipinski definition) is 2. The van der Waals surface area contributed by atoms with E-state index in [0.717, 1.165) is 28.6 Å². The molecule has 28 heavy (non-hydrogen) atoms. The van der Waals surface area contributed by atoms with Crippen LogP contribution in [0.15, 0.2) is 34.6 Å². The molecular formula is C19H28N4O3S2. The van der Waals surface area contributed by atoms with Crippen LogP contribution in [0.4, 0.5) is 0 Å². The molecule has 0 bridgehead atoms. The molecule has 0 radical (unpaired) electrons. The van der Waals surface area contributed by atoms with E-state index in [9.17, 15) is 8.42 Å². The maximum absolute atomic E-state index is 11.3. The molecule has 0 aliphatic carbocycles. The van der Waals surface area contributed by atoms with Crippen molar-refractivity contribution in [3.63, 3.8) is 0 Å². The maximum atomic E-state index is 11.3. The summed E-state index contributed by atoms with van der Waals surface area (Å²) in [7, 11) is -1.32. The fourth-order valence-electron chi connectivity index (χ4n) is 2.42. The number of ether oxygens (including phenoxy) is 1. The molecule has 1 atom stereocenters. The first-order valence-corrected chi connectivity index (χ1v) is 12.1. The van der Waals surface area contributed by atoms with Gasteiger partial charge in [-0.2, -0.15) is 0 Å². The molecule has 0 fully saturated rings. The zero-order chi connectivity index (χ0) is 20.6. The van der Waals surface area contributed by atoms with E-state index in [-0.39, 0.29) is 11.8 Å². The van der Waals surface area contributed by atoms with Crippen LogP contribution >= 0.6 is 11.3 Å². The number of hydrogen-bond acceptors (Lipinski definition) is 6. The van der Waals surface area contributed by atoms with E-state index in [1.54, 1.807) is 18.4 Å². The summed E-state index contributed by atoms with van der Waals surface area (Å²) in [5.41, 5.74) is 1.93. The highest BCUT2D eigenvalue weighted by atomic mass is 32.2. The summed E-state index contributed by atoms with van der Waals surface area (Å²) in [6.07, 6.45) is 1.78. The largest absolute Gasteiger partial charge is 0.497 e. The van der Waals surface area contributed by atoms with Gasteiger partial charge in [0.05, 0.1) is 25.1 Å². The lowest BCUT2D eigenvalue weighted by Gasteiger charge is -2.17. The van der Waals surface area contributed by atoms with Crippen molar-refractivity contribution in [2.45, 2.75) is 32.9 Å². The highest BCUT2D eigenvalue weighted by molar-refractivity contribution is 7.90. The van der Waals surface area contributed by atoms with E-state index in [1.807, 2.05) is 43.5 Å². The van der Waals surface area contributed by atoms with Crippen molar-refractivity contribution in [2.24, 2.45) is 4.99 Å². The molecule has 2 aromatic rings. The standard InChI is InChI=1S/C19H28N4O3S2/c1-5-20-19(22-14(2)10-11-28(4,24)25)21-12-16-13-27-18(23-16)15-6-8-17(26-3)9-7-15/h6-9,13-14H,5,10-12H2,1-4H3,(H2,20,21,22). The van der Waals surface area contributed by atoms with Crippen LogP contribution in [0.5, 0.6) is 5.75 Å². The van der Waals surface area contributed by atoms with Crippen LogP contribution in [-0.2, 0) is 16.4 Å². The fraction of sp³-hybridized carbons (Fsp3) is 0.474. The number of nitrogens with one attached hydrogen (secondary N) is 2. The fourth-order valence-corrected chi connectivity index (χ4v) is 4.02. The van der Waals surface area contributed by atoms with Gasteiger partial charge >= 0.3 is 0 Å². The minimum Gasteiger partial charge on any atom is -0.497 e. The van der Waals surface area contributed by atoms with E-state index in [4.69, 9.17) is 4.74 Å². The Morgan fingerprint density at radius 2 is 2.04 bits per heavy atom. The van der Waals surface area contributed by atoms with Crippen LogP contribution < -0.4 is 15.4 Å². The third-order valence-electron chi connectivity index (χ3n) is 3.94. The number of thiazole rings is 1. The van der Waals surface area contributed by atoms with Gasteiger partial charge in [0.1, 0.15) is 20.6 Å². The normalized spacial score (nSPS) is 13.2. The van der Waals surface area contributed by atoms with Gasteiger partial charge in [0, 0.05) is 29.8 Å². The van der Waals surface area contributed by atoms with Crippen molar-refractivity contribution in [2.75, 3.05) is 25.7 Å². The zero-order valence-corrected chi connectivity index (χ0v) is 18.4. The van der Waals surface area contributed by atoms with Crippen molar-refractivity contribution in [1.29, 1.82) is 0 Å². The Balaban J connectivity index is 1.99. The SMILES string of the molecule is CCNC(=NCc1csc(-c2ccc(OC)cc2)n1)NC(C)CCS(C)(=O)=O. The highest BCUT2D eigenvalue weighted by Gasteiger charge is 2.10. The first-order chi connectivity index (χ1) is 13.3. The molecule has 1 aromatic heterocycles. The zero-order valence-electron chi connectivity index (χ0n) is 16.7. The van der Waals surface area contributed by atoms with Crippen LogP contribution in [0.1, 0.15) is 26.0 Å². The van der Waals surface area contributed by atoms with Gasteiger partial charge in [-0.25, -0.2) is 18.4 Å². The summed E-state index contributed by atoms with van der Waals surface area (Å²) < 4.78 is 27.8. The molecular weight excluding hydrogens is 396 g/mol. The van der Waals surface area contributed by atoms with Gasteiger partial charge in [-0.15, -0.1) is 11.3 Å². The molecule has 1 aromatic carbocycles. The van der Waals surface area contributed by atoms with Gasteiger partial charge in [0.25, 0.3) is 0 Å². The van der Waals surface area contributed by atoms with Crippen LogP contribution in [0, 0.1) is 0 Å². The Morgan fingerprint density at radius 3 is 2.64 bits per heavy atom. The van der Waals surface area contributed by atoms with Crippen molar-refractivity contribution >= 4 is 27.1 Å². The Kier molecular flexibility index (Phi) is 8.25. The number of nitrogens with zero attached hydrogens (tertiary/aromatic N) is 2. The summed E-state index contributed by atoms with van der Waals surface area (Å²) in [5.74, 6) is 1.62. The number of guanidine groups is 1. The summed E-state index contributed by atoms with van der Waals surface area (Å²) in [6.45, 7) is 5.10. The van der Waals surface area contributed by atoms with Crippen LogP contribution in [-0.4, -0.2) is 51.1 Å². The second kappa shape index (κ2) is 10.4. The molecule has 0 amide bonds. The number of aliphatic imine (C=N–C) groups is 1. The number of benzene rings is 1. The summed E-state index contributed by atoms with van der Waals surface area (Å²) in [5, 5.41) is 9.37. The lowest BCUT2D eigenvalue weighted by molar-refractivity contribution is 0.415. The van der Waals surface area contributed by atoms with Crippen LogP contribution in [0.3, 0.4) is 0 Å². The molecule has 0 spiro atoms. The first kappa shape index (κ1) is 22.2. The molecule has 0 saturated carbocycles. The molecule has 9 heteroatoms. The molecule has 7 nitrogen and oxygen atoms in total. The second-order valence-corrected chi connectivity index (χ2v) is 9.65. The topological polar surface area (TPSA) is 92.7 Å². The van der Waals surface area contributed by atoms with Crippen molar-refractivity contribution in [3.05, 3.63) is 35.3 Å².